The first-order valence-electron chi connectivity index (χ1n) is 11.0. The number of aryl methyl sites for hydroxylation is 2. The molecule has 0 amide bonds. The molecular formula is C26H22FN3O3. The molecule has 0 saturated heterocycles. The Bertz CT molecular complexity index is 1440. The van der Waals surface area contributed by atoms with E-state index in [0.29, 0.717) is 11.3 Å². The van der Waals surface area contributed by atoms with Gasteiger partial charge in [-0.1, -0.05) is 12.1 Å². The van der Waals surface area contributed by atoms with E-state index in [4.69, 9.17) is 4.74 Å². The van der Waals surface area contributed by atoms with Crippen molar-refractivity contribution in [3.8, 4) is 16.9 Å². The Hall–Kier alpha value is -3.74. The molecule has 1 N–H and O–H groups in total. The third-order valence-corrected chi connectivity index (χ3v) is 6.96. The number of hydrogen-bond donors (Lipinski definition) is 1. The van der Waals surface area contributed by atoms with Crippen molar-refractivity contribution >= 4 is 17.0 Å². The lowest BCUT2D eigenvalue weighted by Gasteiger charge is -2.13. The van der Waals surface area contributed by atoms with Crippen LogP contribution < -0.4 is 4.74 Å². The van der Waals surface area contributed by atoms with Gasteiger partial charge < -0.3 is 9.84 Å². The number of nitrogens with zero attached hydrogens (tertiary/aromatic N) is 3. The van der Waals surface area contributed by atoms with E-state index in [-0.39, 0.29) is 30.2 Å². The van der Waals surface area contributed by atoms with Crippen molar-refractivity contribution in [1.29, 1.82) is 0 Å². The van der Waals surface area contributed by atoms with Crippen LogP contribution in [0.4, 0.5) is 4.39 Å². The summed E-state index contributed by atoms with van der Waals surface area (Å²) in [5, 5.41) is 13.6. The first-order chi connectivity index (χ1) is 15.9. The summed E-state index contributed by atoms with van der Waals surface area (Å²) in [7, 11) is 1.87. The molecule has 3 atom stereocenters. The van der Waals surface area contributed by atoms with Gasteiger partial charge in [-0.2, -0.15) is 5.10 Å². The zero-order chi connectivity index (χ0) is 22.9. The van der Waals surface area contributed by atoms with E-state index in [9.17, 15) is 14.3 Å². The average molecular weight is 443 g/mol. The summed E-state index contributed by atoms with van der Waals surface area (Å²) in [5.74, 6) is -0.274. The Labute approximate surface area is 189 Å². The van der Waals surface area contributed by atoms with Gasteiger partial charge in [0.15, 0.2) is 0 Å². The Kier molecular flexibility index (Phi) is 4.30. The van der Waals surface area contributed by atoms with Gasteiger partial charge >= 0.3 is 5.97 Å². The Morgan fingerprint density at radius 1 is 1.24 bits per heavy atom. The van der Waals surface area contributed by atoms with E-state index in [1.807, 2.05) is 44.3 Å². The minimum absolute atomic E-state index is 0.0989. The van der Waals surface area contributed by atoms with Crippen LogP contribution >= 0.6 is 0 Å². The number of aromatic nitrogens is 3. The molecule has 4 aromatic rings. The Morgan fingerprint density at radius 3 is 2.91 bits per heavy atom. The number of aliphatic carboxylic acids is 1. The first kappa shape index (κ1) is 19.9. The second kappa shape index (κ2) is 7.13. The zero-order valence-corrected chi connectivity index (χ0v) is 18.2. The van der Waals surface area contributed by atoms with E-state index < -0.39 is 5.97 Å². The predicted molar refractivity (Wildman–Crippen MR) is 120 cm³/mol. The molecule has 2 aromatic heterocycles. The number of pyridine rings is 1. The lowest BCUT2D eigenvalue weighted by atomic mass is 10.0. The first-order valence-corrected chi connectivity index (χ1v) is 11.0. The van der Waals surface area contributed by atoms with E-state index >= 15 is 0 Å². The molecule has 33 heavy (non-hydrogen) atoms. The summed E-state index contributed by atoms with van der Waals surface area (Å²) in [4.78, 5) is 15.8. The van der Waals surface area contributed by atoms with Crippen molar-refractivity contribution < 1.29 is 19.0 Å². The van der Waals surface area contributed by atoms with Crippen LogP contribution in [0.2, 0.25) is 0 Å². The van der Waals surface area contributed by atoms with Gasteiger partial charge in [-0.05, 0) is 66.3 Å². The monoisotopic (exact) mass is 443 g/mol. The zero-order valence-electron chi connectivity index (χ0n) is 18.2. The van der Waals surface area contributed by atoms with Gasteiger partial charge in [0.2, 0.25) is 0 Å². The standard InChI is InChI=1S/C26H22FN3O3/c1-13-7-19(25-22(29-13)11-28-30(25)2)14-3-6-21(27)16(8-14)12-33-17-4-5-18-15(9-17)10-20-23(18)24(20)26(31)32/h3-9,11,20,23-24H,10,12H2,1-2H3,(H,31,32). The fraction of sp³-hybridized carbons (Fsp3) is 0.269. The molecule has 6 rings (SSSR count). The number of carboxylic acids is 1. The average Bonchev–Trinajstić information content (AvgIpc) is 3.20. The van der Waals surface area contributed by atoms with Crippen LogP contribution in [0.25, 0.3) is 22.2 Å². The molecule has 1 saturated carbocycles. The van der Waals surface area contributed by atoms with Crippen LogP contribution in [0.5, 0.6) is 5.75 Å². The fourth-order valence-electron chi connectivity index (χ4n) is 5.37. The Morgan fingerprint density at radius 2 is 2.09 bits per heavy atom. The van der Waals surface area contributed by atoms with E-state index in [2.05, 4.69) is 10.1 Å². The normalized spacial score (nSPS) is 20.5. The van der Waals surface area contributed by atoms with Crippen LogP contribution in [0, 0.1) is 24.6 Å². The van der Waals surface area contributed by atoms with Crippen LogP contribution in [0.3, 0.4) is 0 Å². The summed E-state index contributed by atoms with van der Waals surface area (Å²) >= 11 is 0. The number of rotatable bonds is 5. The van der Waals surface area contributed by atoms with Crippen LogP contribution in [0.15, 0.2) is 48.7 Å². The summed E-state index contributed by atoms with van der Waals surface area (Å²) in [6.07, 6.45) is 2.50. The second-order valence-electron chi connectivity index (χ2n) is 9.03. The van der Waals surface area contributed by atoms with Crippen molar-refractivity contribution in [2.45, 2.75) is 25.9 Å². The number of hydrogen-bond acceptors (Lipinski definition) is 4. The molecule has 1 fully saturated rings. The third-order valence-electron chi connectivity index (χ3n) is 6.96. The summed E-state index contributed by atoms with van der Waals surface area (Å²) in [6.45, 7) is 2.03. The molecule has 6 nitrogen and oxygen atoms in total. The summed E-state index contributed by atoms with van der Waals surface area (Å²) in [6, 6.07) is 12.8. The summed E-state index contributed by atoms with van der Waals surface area (Å²) < 4.78 is 22.4. The van der Waals surface area contributed by atoms with Gasteiger partial charge in [0.25, 0.3) is 0 Å². The summed E-state index contributed by atoms with van der Waals surface area (Å²) in [5.41, 5.74) is 7.11. The highest BCUT2D eigenvalue weighted by atomic mass is 19.1. The van der Waals surface area contributed by atoms with E-state index in [1.54, 1.807) is 16.9 Å². The maximum atomic E-state index is 14.6. The molecule has 2 heterocycles. The second-order valence-corrected chi connectivity index (χ2v) is 9.03. The molecule has 0 spiro atoms. The molecule has 166 valence electrons. The molecule has 3 unspecified atom stereocenters. The molecule has 2 aromatic carbocycles. The highest BCUT2D eigenvalue weighted by molar-refractivity contribution is 5.92. The van der Waals surface area contributed by atoms with Gasteiger partial charge in [-0.15, -0.1) is 0 Å². The molecule has 0 radical (unpaired) electrons. The van der Waals surface area contributed by atoms with Crippen LogP contribution in [-0.4, -0.2) is 25.8 Å². The number of halogens is 1. The number of ether oxygens (including phenoxy) is 1. The van der Waals surface area contributed by atoms with Crippen molar-refractivity contribution in [3.63, 3.8) is 0 Å². The number of carboxylic acid groups (broad SMARTS) is 1. The van der Waals surface area contributed by atoms with Crippen LogP contribution in [-0.2, 0) is 24.9 Å². The van der Waals surface area contributed by atoms with Crippen molar-refractivity contribution in [2.75, 3.05) is 0 Å². The minimum atomic E-state index is -0.709. The largest absolute Gasteiger partial charge is 0.489 e. The van der Waals surface area contributed by atoms with E-state index in [1.165, 1.54) is 6.07 Å². The third kappa shape index (κ3) is 3.18. The highest BCUT2D eigenvalue weighted by Crippen LogP contribution is 2.61. The van der Waals surface area contributed by atoms with Gasteiger partial charge in [0.05, 0.1) is 17.6 Å². The molecule has 2 aliphatic rings. The topological polar surface area (TPSA) is 77.2 Å². The lowest BCUT2D eigenvalue weighted by molar-refractivity contribution is -0.139. The van der Waals surface area contributed by atoms with Crippen LogP contribution in [0.1, 0.15) is 28.3 Å². The Balaban J connectivity index is 1.26. The maximum Gasteiger partial charge on any atom is 0.307 e. The predicted octanol–water partition coefficient (Wildman–Crippen LogP) is 4.63. The van der Waals surface area contributed by atoms with Crippen molar-refractivity contribution in [1.82, 2.24) is 14.8 Å². The highest BCUT2D eigenvalue weighted by Gasteiger charge is 2.59. The smallest absolute Gasteiger partial charge is 0.307 e. The number of fused-ring (bicyclic) bond motifs is 4. The number of benzene rings is 2. The quantitative estimate of drug-likeness (QED) is 0.487. The molecule has 0 aliphatic heterocycles. The molecule has 0 bridgehead atoms. The minimum Gasteiger partial charge on any atom is -0.489 e. The van der Waals surface area contributed by atoms with Gasteiger partial charge in [-0.25, -0.2) is 9.37 Å². The molecular weight excluding hydrogens is 421 g/mol. The van der Waals surface area contributed by atoms with Crippen molar-refractivity contribution in [2.24, 2.45) is 18.9 Å². The van der Waals surface area contributed by atoms with Gasteiger partial charge in [-0.3, -0.25) is 9.48 Å². The molecule has 7 heteroatoms. The van der Waals surface area contributed by atoms with Gasteiger partial charge in [0, 0.05) is 29.8 Å². The SMILES string of the molecule is Cc1cc(-c2ccc(F)c(COc3ccc4c(c3)CC3C(C(=O)O)C43)c2)c2c(cnn2C)n1. The van der Waals surface area contributed by atoms with Crippen molar-refractivity contribution in [3.05, 3.63) is 76.9 Å². The van der Waals surface area contributed by atoms with Gasteiger partial charge in [0.1, 0.15) is 23.7 Å². The number of carbonyl (C=O) groups is 1. The molecule has 2 aliphatic carbocycles. The van der Waals surface area contributed by atoms with E-state index in [0.717, 1.165) is 45.4 Å². The maximum absolute atomic E-state index is 14.6. The fourth-order valence-corrected chi connectivity index (χ4v) is 5.37. The lowest BCUT2D eigenvalue weighted by Crippen LogP contribution is -2.05.